The number of aliphatic hydroxyl groups excluding tert-OH is 1. The van der Waals surface area contributed by atoms with E-state index in [2.05, 4.69) is 14.9 Å². The Labute approximate surface area is 112 Å². The molecule has 2 rings (SSSR count). The van der Waals surface area contributed by atoms with Crippen molar-refractivity contribution in [1.29, 1.82) is 0 Å². The molecule has 1 unspecified atom stereocenters. The minimum Gasteiger partial charge on any atom is -0.396 e. The zero-order valence-corrected chi connectivity index (χ0v) is 11.1. The molecule has 2 heterocycles. The van der Waals surface area contributed by atoms with Crippen LogP contribution in [0.4, 0.5) is 5.82 Å². The van der Waals surface area contributed by atoms with Gasteiger partial charge < -0.3 is 15.7 Å². The van der Waals surface area contributed by atoms with Crippen molar-refractivity contribution in [3.05, 3.63) is 18.1 Å². The summed E-state index contributed by atoms with van der Waals surface area (Å²) in [5.74, 6) is 0.871. The van der Waals surface area contributed by atoms with E-state index in [1.54, 1.807) is 12.4 Å². The number of hydrogen-bond donors (Lipinski definition) is 2. The first-order chi connectivity index (χ1) is 8.72. The highest BCUT2D eigenvalue weighted by Gasteiger charge is 2.25. The summed E-state index contributed by atoms with van der Waals surface area (Å²) >= 11 is 4.85. The molecule has 18 heavy (non-hydrogen) atoms. The lowest BCUT2D eigenvalue weighted by Gasteiger charge is -2.25. The minimum absolute atomic E-state index is 0.246. The summed E-state index contributed by atoms with van der Waals surface area (Å²) in [5, 5.41) is 8.91. The van der Waals surface area contributed by atoms with E-state index in [1.165, 1.54) is 0 Å². The molecule has 1 aromatic heterocycles. The Kier molecular flexibility index (Phi) is 4.43. The van der Waals surface area contributed by atoms with E-state index >= 15 is 0 Å². The molecular weight excluding hydrogens is 248 g/mol. The van der Waals surface area contributed by atoms with Crippen LogP contribution in [0.1, 0.15) is 31.4 Å². The van der Waals surface area contributed by atoms with Gasteiger partial charge in [-0.05, 0) is 25.7 Å². The Morgan fingerprint density at radius 1 is 1.50 bits per heavy atom. The Hall–Kier alpha value is -1.27. The van der Waals surface area contributed by atoms with Crippen molar-refractivity contribution in [3.63, 3.8) is 0 Å². The Morgan fingerprint density at radius 2 is 2.33 bits per heavy atom. The first-order valence-corrected chi connectivity index (χ1v) is 6.62. The SMILES string of the molecule is NC(=S)c1cnc(N2CCCC2CCCO)cn1. The molecule has 1 aromatic rings. The van der Waals surface area contributed by atoms with E-state index < -0.39 is 0 Å². The predicted molar refractivity (Wildman–Crippen MR) is 74.6 cm³/mol. The maximum absolute atomic E-state index is 8.91. The van der Waals surface area contributed by atoms with Gasteiger partial charge in [-0.3, -0.25) is 0 Å². The summed E-state index contributed by atoms with van der Waals surface area (Å²) in [7, 11) is 0. The number of aromatic nitrogens is 2. The van der Waals surface area contributed by atoms with Gasteiger partial charge in [-0.1, -0.05) is 12.2 Å². The Morgan fingerprint density at radius 3 is 2.94 bits per heavy atom. The van der Waals surface area contributed by atoms with Crippen LogP contribution in [0.5, 0.6) is 0 Å². The summed E-state index contributed by atoms with van der Waals surface area (Å²) in [6.07, 6.45) is 7.49. The summed E-state index contributed by atoms with van der Waals surface area (Å²) in [6, 6.07) is 0.460. The zero-order valence-electron chi connectivity index (χ0n) is 10.2. The molecule has 0 amide bonds. The van der Waals surface area contributed by atoms with Gasteiger partial charge in [-0.2, -0.15) is 0 Å². The number of anilines is 1. The first kappa shape index (κ1) is 13.2. The predicted octanol–water partition coefficient (Wildman–Crippen LogP) is 0.852. The van der Waals surface area contributed by atoms with Gasteiger partial charge in [0.2, 0.25) is 0 Å². The maximum Gasteiger partial charge on any atom is 0.147 e. The van der Waals surface area contributed by atoms with Crippen LogP contribution in [0.25, 0.3) is 0 Å². The third-order valence-corrected chi connectivity index (χ3v) is 3.47. The molecule has 1 saturated heterocycles. The van der Waals surface area contributed by atoms with E-state index in [-0.39, 0.29) is 11.6 Å². The summed E-state index contributed by atoms with van der Waals surface area (Å²) < 4.78 is 0. The fraction of sp³-hybridized carbons (Fsp3) is 0.583. The highest BCUT2D eigenvalue weighted by Crippen LogP contribution is 2.25. The normalized spacial score (nSPS) is 19.2. The molecule has 0 saturated carbocycles. The zero-order chi connectivity index (χ0) is 13.0. The van der Waals surface area contributed by atoms with Crippen molar-refractivity contribution in [1.82, 2.24) is 9.97 Å². The van der Waals surface area contributed by atoms with Crippen LogP contribution in [0.3, 0.4) is 0 Å². The van der Waals surface area contributed by atoms with Crippen molar-refractivity contribution in [2.45, 2.75) is 31.7 Å². The van der Waals surface area contributed by atoms with Crippen molar-refractivity contribution in [3.8, 4) is 0 Å². The molecule has 98 valence electrons. The van der Waals surface area contributed by atoms with Crippen LogP contribution in [0.15, 0.2) is 12.4 Å². The quantitative estimate of drug-likeness (QED) is 0.770. The van der Waals surface area contributed by atoms with Gasteiger partial charge in [0, 0.05) is 19.2 Å². The van der Waals surface area contributed by atoms with Gasteiger partial charge in [0.1, 0.15) is 16.5 Å². The minimum atomic E-state index is 0.246. The molecule has 1 atom stereocenters. The van der Waals surface area contributed by atoms with E-state index in [0.29, 0.717) is 11.7 Å². The third-order valence-electron chi connectivity index (χ3n) is 3.26. The van der Waals surface area contributed by atoms with E-state index in [0.717, 1.165) is 38.0 Å². The molecule has 0 aromatic carbocycles. The van der Waals surface area contributed by atoms with E-state index in [4.69, 9.17) is 23.1 Å². The number of nitrogens with two attached hydrogens (primary N) is 1. The lowest BCUT2D eigenvalue weighted by atomic mass is 10.1. The average molecular weight is 266 g/mol. The van der Waals surface area contributed by atoms with Crippen molar-refractivity contribution in [2.75, 3.05) is 18.1 Å². The third kappa shape index (κ3) is 2.94. The molecule has 0 radical (unpaired) electrons. The smallest absolute Gasteiger partial charge is 0.147 e. The highest BCUT2D eigenvalue weighted by atomic mass is 32.1. The monoisotopic (exact) mass is 266 g/mol. The second-order valence-corrected chi connectivity index (χ2v) is 4.92. The second-order valence-electron chi connectivity index (χ2n) is 4.48. The first-order valence-electron chi connectivity index (χ1n) is 6.21. The fourth-order valence-electron chi connectivity index (χ4n) is 2.36. The van der Waals surface area contributed by atoms with Crippen LogP contribution in [0, 0.1) is 0 Å². The van der Waals surface area contributed by atoms with Crippen molar-refractivity contribution >= 4 is 23.0 Å². The van der Waals surface area contributed by atoms with Gasteiger partial charge in [-0.25, -0.2) is 9.97 Å². The summed E-state index contributed by atoms with van der Waals surface area (Å²) in [5.41, 5.74) is 6.05. The number of rotatable bonds is 5. The number of thiocarbonyl (C=S) groups is 1. The van der Waals surface area contributed by atoms with Crippen LogP contribution in [-0.4, -0.2) is 39.3 Å². The fourth-order valence-corrected chi connectivity index (χ4v) is 2.47. The lowest BCUT2D eigenvalue weighted by Crippen LogP contribution is -2.30. The Bertz CT molecular complexity index is 409. The van der Waals surface area contributed by atoms with Gasteiger partial charge in [0.15, 0.2) is 0 Å². The summed E-state index contributed by atoms with van der Waals surface area (Å²) in [4.78, 5) is 11.1. The molecule has 6 heteroatoms. The van der Waals surface area contributed by atoms with Gasteiger partial charge in [-0.15, -0.1) is 0 Å². The maximum atomic E-state index is 8.91. The summed E-state index contributed by atoms with van der Waals surface area (Å²) in [6.45, 7) is 1.24. The van der Waals surface area contributed by atoms with Crippen molar-refractivity contribution in [2.24, 2.45) is 5.73 Å². The molecular formula is C12H18N4OS. The average Bonchev–Trinajstić information content (AvgIpc) is 2.84. The number of nitrogens with zero attached hydrogens (tertiary/aromatic N) is 3. The molecule has 1 fully saturated rings. The van der Waals surface area contributed by atoms with E-state index in [1.807, 2.05) is 0 Å². The van der Waals surface area contributed by atoms with Gasteiger partial charge in [0.25, 0.3) is 0 Å². The topological polar surface area (TPSA) is 75.3 Å². The Balaban J connectivity index is 2.07. The van der Waals surface area contributed by atoms with Gasteiger partial charge in [0.05, 0.1) is 12.4 Å². The molecule has 1 aliphatic rings. The van der Waals surface area contributed by atoms with Crippen LogP contribution >= 0.6 is 12.2 Å². The van der Waals surface area contributed by atoms with Crippen LogP contribution < -0.4 is 10.6 Å². The molecule has 5 nitrogen and oxygen atoms in total. The largest absolute Gasteiger partial charge is 0.396 e. The van der Waals surface area contributed by atoms with Crippen molar-refractivity contribution < 1.29 is 5.11 Å². The highest BCUT2D eigenvalue weighted by molar-refractivity contribution is 7.80. The second kappa shape index (κ2) is 6.06. The van der Waals surface area contributed by atoms with E-state index in [9.17, 15) is 0 Å². The molecule has 0 spiro atoms. The van der Waals surface area contributed by atoms with Crippen LogP contribution in [0.2, 0.25) is 0 Å². The number of hydrogen-bond acceptors (Lipinski definition) is 5. The van der Waals surface area contributed by atoms with Gasteiger partial charge >= 0.3 is 0 Å². The molecule has 1 aliphatic heterocycles. The molecule has 0 bridgehead atoms. The standard InChI is InChI=1S/C12H18N4OS/c13-12(18)10-7-15-11(8-14-10)16-5-1-3-9(16)4-2-6-17/h7-9,17H,1-6H2,(H2,13,18). The molecule has 3 N–H and O–H groups in total. The number of aliphatic hydroxyl groups is 1. The lowest BCUT2D eigenvalue weighted by molar-refractivity contribution is 0.279. The van der Waals surface area contributed by atoms with Crippen LogP contribution in [-0.2, 0) is 0 Å². The molecule has 0 aliphatic carbocycles.